The van der Waals surface area contributed by atoms with Gasteiger partial charge in [-0.1, -0.05) is 28.1 Å². The van der Waals surface area contributed by atoms with Crippen molar-refractivity contribution >= 4 is 27.8 Å². The lowest BCUT2D eigenvalue weighted by Crippen LogP contribution is -2.25. The largest absolute Gasteiger partial charge is 0.466 e. The summed E-state index contributed by atoms with van der Waals surface area (Å²) in [6, 6.07) is 7.29. The van der Waals surface area contributed by atoms with Crippen LogP contribution < -0.4 is 5.32 Å². The van der Waals surface area contributed by atoms with Gasteiger partial charge in [-0.2, -0.15) is 0 Å². The van der Waals surface area contributed by atoms with Gasteiger partial charge in [-0.15, -0.1) is 0 Å². The molecule has 2 atom stereocenters. The number of hydrogen-bond acceptors (Lipinski definition) is 3. The minimum absolute atomic E-state index is 0.110. The van der Waals surface area contributed by atoms with E-state index in [1.807, 2.05) is 24.3 Å². The van der Waals surface area contributed by atoms with E-state index in [1.165, 1.54) is 0 Å². The summed E-state index contributed by atoms with van der Waals surface area (Å²) in [5.41, 5.74) is 0.919. The van der Waals surface area contributed by atoms with Crippen LogP contribution >= 0.6 is 15.9 Å². The molecule has 0 aromatic heterocycles. The van der Waals surface area contributed by atoms with Crippen LogP contribution in [0.25, 0.3) is 0 Å². The van der Waals surface area contributed by atoms with E-state index in [0.717, 1.165) is 10.0 Å². The van der Waals surface area contributed by atoms with Crippen molar-refractivity contribution in [1.82, 2.24) is 5.32 Å². The van der Waals surface area contributed by atoms with Gasteiger partial charge in [0.05, 0.1) is 18.6 Å². The number of carbonyl (C=O) groups excluding carboxylic acids is 2. The van der Waals surface area contributed by atoms with E-state index >= 15 is 0 Å². The molecule has 18 heavy (non-hydrogen) atoms. The molecule has 1 saturated heterocycles. The molecule has 0 spiro atoms. The number of nitrogens with one attached hydrogen (secondary N) is 1. The molecule has 1 aromatic carbocycles. The van der Waals surface area contributed by atoms with Crippen LogP contribution in [0.1, 0.15) is 24.9 Å². The molecular formula is C13H14BrNO3. The molecule has 1 aliphatic rings. The van der Waals surface area contributed by atoms with Gasteiger partial charge in [0.25, 0.3) is 0 Å². The van der Waals surface area contributed by atoms with Crippen molar-refractivity contribution < 1.29 is 14.3 Å². The number of hydrogen-bond donors (Lipinski definition) is 1. The Hall–Kier alpha value is -1.36. The topological polar surface area (TPSA) is 55.4 Å². The number of ether oxygens (including phenoxy) is 1. The van der Waals surface area contributed by atoms with E-state index in [2.05, 4.69) is 21.2 Å². The highest BCUT2D eigenvalue weighted by Crippen LogP contribution is 2.31. The molecule has 1 fully saturated rings. The highest BCUT2D eigenvalue weighted by atomic mass is 79.9. The van der Waals surface area contributed by atoms with Gasteiger partial charge in [-0.25, -0.2) is 0 Å². The molecule has 1 aromatic rings. The van der Waals surface area contributed by atoms with Crippen LogP contribution in [0, 0.1) is 5.92 Å². The Balaban J connectivity index is 2.21. The van der Waals surface area contributed by atoms with Crippen LogP contribution in [0.2, 0.25) is 0 Å². The second kappa shape index (κ2) is 5.52. The fourth-order valence-electron chi connectivity index (χ4n) is 2.11. The Bertz CT molecular complexity index is 458. The Labute approximate surface area is 114 Å². The minimum atomic E-state index is -0.432. The summed E-state index contributed by atoms with van der Waals surface area (Å²) in [5, 5.41) is 2.82. The first-order valence-corrected chi connectivity index (χ1v) is 6.62. The number of amides is 1. The Morgan fingerprint density at radius 1 is 1.44 bits per heavy atom. The van der Waals surface area contributed by atoms with Crippen LogP contribution in [0.3, 0.4) is 0 Å². The SMILES string of the molecule is CCOC(=O)C1CC(=O)NC1c1ccc(Br)cc1. The Morgan fingerprint density at radius 3 is 2.72 bits per heavy atom. The summed E-state index contributed by atoms with van der Waals surface area (Å²) in [6.45, 7) is 2.09. The van der Waals surface area contributed by atoms with Crippen molar-refractivity contribution in [3.63, 3.8) is 0 Å². The number of halogens is 1. The van der Waals surface area contributed by atoms with E-state index in [-0.39, 0.29) is 24.3 Å². The predicted octanol–water partition coefficient (Wildman–Crippen LogP) is 2.19. The van der Waals surface area contributed by atoms with Crippen molar-refractivity contribution in [2.45, 2.75) is 19.4 Å². The van der Waals surface area contributed by atoms with E-state index in [9.17, 15) is 9.59 Å². The van der Waals surface area contributed by atoms with Gasteiger partial charge in [0.15, 0.2) is 0 Å². The van der Waals surface area contributed by atoms with Crippen LogP contribution in [0.15, 0.2) is 28.7 Å². The molecule has 5 heteroatoms. The van der Waals surface area contributed by atoms with Crippen LogP contribution in [-0.4, -0.2) is 18.5 Å². The average molecular weight is 312 g/mol. The quantitative estimate of drug-likeness (QED) is 0.871. The zero-order valence-electron chi connectivity index (χ0n) is 9.98. The highest BCUT2D eigenvalue weighted by molar-refractivity contribution is 9.10. The molecule has 1 amide bonds. The Kier molecular flexibility index (Phi) is 4.01. The zero-order chi connectivity index (χ0) is 13.1. The van der Waals surface area contributed by atoms with Gasteiger partial charge in [0, 0.05) is 10.9 Å². The van der Waals surface area contributed by atoms with Crippen molar-refractivity contribution in [3.8, 4) is 0 Å². The molecule has 1 N–H and O–H groups in total. The monoisotopic (exact) mass is 311 g/mol. The third-order valence-electron chi connectivity index (χ3n) is 2.94. The normalized spacial score (nSPS) is 22.7. The summed E-state index contributed by atoms with van der Waals surface area (Å²) >= 11 is 3.36. The lowest BCUT2D eigenvalue weighted by Gasteiger charge is -2.17. The molecule has 4 nitrogen and oxygen atoms in total. The highest BCUT2D eigenvalue weighted by Gasteiger charge is 2.39. The number of carbonyl (C=O) groups is 2. The van der Waals surface area contributed by atoms with Crippen LogP contribution in [-0.2, 0) is 14.3 Å². The lowest BCUT2D eigenvalue weighted by molar-refractivity contribution is -0.148. The fourth-order valence-corrected chi connectivity index (χ4v) is 2.37. The summed E-state index contributed by atoms with van der Waals surface area (Å²) in [7, 11) is 0. The molecule has 0 radical (unpaired) electrons. The maximum absolute atomic E-state index is 11.8. The molecular weight excluding hydrogens is 298 g/mol. The smallest absolute Gasteiger partial charge is 0.311 e. The number of esters is 1. The minimum Gasteiger partial charge on any atom is -0.466 e. The van der Waals surface area contributed by atoms with E-state index in [0.29, 0.717) is 6.61 Å². The summed E-state index contributed by atoms with van der Waals surface area (Å²) in [4.78, 5) is 23.3. The first-order chi connectivity index (χ1) is 8.61. The average Bonchev–Trinajstić information content (AvgIpc) is 2.73. The van der Waals surface area contributed by atoms with Crippen molar-refractivity contribution in [2.24, 2.45) is 5.92 Å². The molecule has 2 unspecified atom stereocenters. The van der Waals surface area contributed by atoms with E-state index < -0.39 is 5.92 Å². The Morgan fingerprint density at radius 2 is 2.11 bits per heavy atom. The molecule has 96 valence electrons. The second-order valence-electron chi connectivity index (χ2n) is 4.16. The first-order valence-electron chi connectivity index (χ1n) is 5.83. The molecule has 1 heterocycles. The maximum atomic E-state index is 11.8. The summed E-state index contributed by atoms with van der Waals surface area (Å²) < 4.78 is 5.97. The van der Waals surface area contributed by atoms with Gasteiger partial charge in [-0.05, 0) is 24.6 Å². The van der Waals surface area contributed by atoms with Crippen LogP contribution in [0.4, 0.5) is 0 Å². The number of benzene rings is 1. The molecule has 1 aliphatic heterocycles. The van der Waals surface area contributed by atoms with E-state index in [1.54, 1.807) is 6.92 Å². The molecule has 2 rings (SSSR count). The number of rotatable bonds is 3. The zero-order valence-corrected chi connectivity index (χ0v) is 11.6. The maximum Gasteiger partial charge on any atom is 0.311 e. The third kappa shape index (κ3) is 2.72. The van der Waals surface area contributed by atoms with Gasteiger partial charge in [-0.3, -0.25) is 9.59 Å². The summed E-state index contributed by atoms with van der Waals surface area (Å²) in [6.07, 6.45) is 0.194. The van der Waals surface area contributed by atoms with Crippen molar-refractivity contribution in [3.05, 3.63) is 34.3 Å². The summed E-state index contributed by atoms with van der Waals surface area (Å²) in [5.74, 6) is -0.858. The van der Waals surface area contributed by atoms with Gasteiger partial charge >= 0.3 is 5.97 Å². The molecule has 0 bridgehead atoms. The lowest BCUT2D eigenvalue weighted by atomic mass is 9.94. The van der Waals surface area contributed by atoms with Gasteiger partial charge in [0.2, 0.25) is 5.91 Å². The van der Waals surface area contributed by atoms with Crippen LogP contribution in [0.5, 0.6) is 0 Å². The molecule has 0 aliphatic carbocycles. The van der Waals surface area contributed by atoms with Gasteiger partial charge < -0.3 is 10.1 Å². The van der Waals surface area contributed by atoms with E-state index in [4.69, 9.17) is 4.74 Å². The second-order valence-corrected chi connectivity index (χ2v) is 5.08. The van der Waals surface area contributed by atoms with Gasteiger partial charge in [0.1, 0.15) is 0 Å². The fraction of sp³-hybridized carbons (Fsp3) is 0.385. The molecule has 0 saturated carbocycles. The van der Waals surface area contributed by atoms with Crippen molar-refractivity contribution in [1.29, 1.82) is 0 Å². The first kappa shape index (κ1) is 13.1. The third-order valence-corrected chi connectivity index (χ3v) is 3.47. The standard InChI is InChI=1S/C13H14BrNO3/c1-2-18-13(17)10-7-11(16)15-12(10)8-3-5-9(14)6-4-8/h3-6,10,12H,2,7H2,1H3,(H,15,16). The predicted molar refractivity (Wildman–Crippen MR) is 69.8 cm³/mol. The van der Waals surface area contributed by atoms with Crippen molar-refractivity contribution in [2.75, 3.05) is 6.61 Å².